The van der Waals surface area contributed by atoms with Gasteiger partial charge in [0.1, 0.15) is 35.7 Å². The molecule has 1 aromatic carbocycles. The highest BCUT2D eigenvalue weighted by Crippen LogP contribution is 2.19. The summed E-state index contributed by atoms with van der Waals surface area (Å²) in [6, 6.07) is 10.1. The van der Waals surface area contributed by atoms with Gasteiger partial charge < -0.3 is 24.4 Å². The molecule has 0 aliphatic rings. The lowest BCUT2D eigenvalue weighted by Crippen LogP contribution is -2.33. The highest BCUT2D eigenvalue weighted by Gasteiger charge is 2.16. The molecule has 2 aromatic rings. The minimum absolute atomic E-state index is 0.287. The number of furan rings is 1. The number of methoxy groups -OCH3 is 2. The molecular weight excluding hydrogens is 286 g/mol. The fraction of sp³-hybridized carbons (Fsp3) is 0.312. The summed E-state index contributed by atoms with van der Waals surface area (Å²) in [5.74, 6) is 2.29. The van der Waals surface area contributed by atoms with Gasteiger partial charge in [-0.05, 0) is 36.4 Å². The summed E-state index contributed by atoms with van der Waals surface area (Å²) < 4.78 is 20.8. The predicted octanol–water partition coefficient (Wildman–Crippen LogP) is 1.91. The summed E-state index contributed by atoms with van der Waals surface area (Å²) >= 11 is 0. The van der Waals surface area contributed by atoms with Crippen molar-refractivity contribution in [2.75, 3.05) is 14.2 Å². The normalized spacial score (nSPS) is 11.8. The molecule has 1 atom stereocenters. The third-order valence-electron chi connectivity index (χ3n) is 3.08. The highest BCUT2D eigenvalue weighted by molar-refractivity contribution is 5.75. The number of carbonyl (C=O) groups is 1. The van der Waals surface area contributed by atoms with Crippen molar-refractivity contribution in [1.29, 1.82) is 0 Å². The first kappa shape index (κ1) is 15.9. The smallest absolute Gasteiger partial charge is 0.323 e. The second-order valence-electron chi connectivity index (χ2n) is 4.67. The Morgan fingerprint density at radius 2 is 1.73 bits per heavy atom. The van der Waals surface area contributed by atoms with Gasteiger partial charge in [-0.1, -0.05) is 0 Å². The number of benzene rings is 1. The van der Waals surface area contributed by atoms with E-state index in [1.807, 2.05) is 24.3 Å². The molecule has 2 rings (SSSR count). The van der Waals surface area contributed by atoms with Gasteiger partial charge in [0, 0.05) is 6.42 Å². The van der Waals surface area contributed by atoms with Crippen LogP contribution in [0.2, 0.25) is 0 Å². The molecule has 0 bridgehead atoms. The first-order valence-corrected chi connectivity index (χ1v) is 6.80. The molecule has 0 saturated heterocycles. The molecule has 1 aromatic heterocycles. The maximum atomic E-state index is 11.3. The maximum Gasteiger partial charge on any atom is 0.323 e. The zero-order chi connectivity index (χ0) is 15.9. The largest absolute Gasteiger partial charge is 0.497 e. The molecule has 0 amide bonds. The molecule has 0 fully saturated rings. The number of carbonyl (C=O) groups excluding carboxylic acids is 1. The van der Waals surface area contributed by atoms with Crippen LogP contribution < -0.4 is 15.2 Å². The molecule has 1 unspecified atom stereocenters. The average molecular weight is 305 g/mol. The Kier molecular flexibility index (Phi) is 5.43. The van der Waals surface area contributed by atoms with E-state index in [1.165, 1.54) is 7.11 Å². The van der Waals surface area contributed by atoms with Crippen molar-refractivity contribution in [3.8, 4) is 11.5 Å². The monoisotopic (exact) mass is 305 g/mol. The number of ether oxygens (including phenoxy) is 3. The van der Waals surface area contributed by atoms with E-state index in [0.717, 1.165) is 5.75 Å². The van der Waals surface area contributed by atoms with Gasteiger partial charge in [-0.25, -0.2) is 0 Å². The quantitative estimate of drug-likeness (QED) is 0.787. The molecule has 0 saturated carbocycles. The Bertz CT molecular complexity index is 605. The van der Waals surface area contributed by atoms with Gasteiger partial charge in [0.05, 0.1) is 14.2 Å². The van der Waals surface area contributed by atoms with Crippen LogP contribution in [0.25, 0.3) is 0 Å². The molecule has 118 valence electrons. The third kappa shape index (κ3) is 4.26. The van der Waals surface area contributed by atoms with E-state index in [9.17, 15) is 4.79 Å². The van der Waals surface area contributed by atoms with Crippen molar-refractivity contribution in [2.45, 2.75) is 19.1 Å². The van der Waals surface area contributed by atoms with Crippen molar-refractivity contribution < 1.29 is 23.4 Å². The van der Waals surface area contributed by atoms with Crippen LogP contribution in [0.1, 0.15) is 11.5 Å². The van der Waals surface area contributed by atoms with Crippen LogP contribution in [0.4, 0.5) is 0 Å². The van der Waals surface area contributed by atoms with E-state index in [1.54, 1.807) is 19.2 Å². The Morgan fingerprint density at radius 1 is 1.09 bits per heavy atom. The van der Waals surface area contributed by atoms with Crippen molar-refractivity contribution in [3.05, 3.63) is 47.9 Å². The minimum atomic E-state index is -0.730. The summed E-state index contributed by atoms with van der Waals surface area (Å²) in [5.41, 5.74) is 5.68. The van der Waals surface area contributed by atoms with Crippen LogP contribution in [0.15, 0.2) is 40.8 Å². The Balaban J connectivity index is 1.87. The van der Waals surface area contributed by atoms with Gasteiger partial charge in [-0.3, -0.25) is 4.79 Å². The maximum absolute atomic E-state index is 11.3. The summed E-state index contributed by atoms with van der Waals surface area (Å²) in [4.78, 5) is 11.3. The van der Waals surface area contributed by atoms with Crippen LogP contribution in [0, 0.1) is 0 Å². The minimum Gasteiger partial charge on any atom is -0.497 e. The fourth-order valence-corrected chi connectivity index (χ4v) is 1.89. The van der Waals surface area contributed by atoms with Crippen LogP contribution in [-0.2, 0) is 22.6 Å². The topological polar surface area (TPSA) is 83.9 Å². The molecule has 1 heterocycles. The second kappa shape index (κ2) is 7.51. The first-order valence-electron chi connectivity index (χ1n) is 6.80. The Labute approximate surface area is 128 Å². The van der Waals surface area contributed by atoms with E-state index in [4.69, 9.17) is 19.6 Å². The zero-order valence-corrected chi connectivity index (χ0v) is 12.6. The molecule has 2 N–H and O–H groups in total. The van der Waals surface area contributed by atoms with Gasteiger partial charge in [-0.2, -0.15) is 0 Å². The summed E-state index contributed by atoms with van der Waals surface area (Å²) in [5, 5.41) is 0. The van der Waals surface area contributed by atoms with Gasteiger partial charge in [-0.15, -0.1) is 0 Å². The fourth-order valence-electron chi connectivity index (χ4n) is 1.89. The van der Waals surface area contributed by atoms with E-state index in [0.29, 0.717) is 23.9 Å². The van der Waals surface area contributed by atoms with Gasteiger partial charge in [0.2, 0.25) is 0 Å². The number of esters is 1. The Morgan fingerprint density at radius 3 is 2.36 bits per heavy atom. The number of hydrogen-bond donors (Lipinski definition) is 1. The van der Waals surface area contributed by atoms with Gasteiger partial charge in [0.15, 0.2) is 0 Å². The average Bonchev–Trinajstić information content (AvgIpc) is 3.00. The molecule has 6 nitrogen and oxygen atoms in total. The molecule has 0 aliphatic heterocycles. The van der Waals surface area contributed by atoms with Crippen LogP contribution in [-0.4, -0.2) is 26.2 Å². The van der Waals surface area contributed by atoms with E-state index >= 15 is 0 Å². The van der Waals surface area contributed by atoms with Crippen LogP contribution in [0.3, 0.4) is 0 Å². The van der Waals surface area contributed by atoms with Crippen molar-refractivity contribution in [2.24, 2.45) is 5.73 Å². The lowest BCUT2D eigenvalue weighted by Gasteiger charge is -2.07. The molecule has 0 radical (unpaired) electrons. The number of hydrogen-bond acceptors (Lipinski definition) is 6. The first-order chi connectivity index (χ1) is 10.6. The molecule has 22 heavy (non-hydrogen) atoms. The molecule has 0 aliphatic carbocycles. The number of nitrogens with two attached hydrogens (primary N) is 1. The van der Waals surface area contributed by atoms with E-state index in [2.05, 4.69) is 4.74 Å². The highest BCUT2D eigenvalue weighted by atomic mass is 16.5. The van der Waals surface area contributed by atoms with Gasteiger partial charge in [0.25, 0.3) is 0 Å². The molecule has 0 spiro atoms. The second-order valence-corrected chi connectivity index (χ2v) is 4.67. The van der Waals surface area contributed by atoms with Crippen LogP contribution >= 0.6 is 0 Å². The molecular formula is C16H19NO5. The lowest BCUT2D eigenvalue weighted by molar-refractivity contribution is -0.142. The van der Waals surface area contributed by atoms with E-state index in [-0.39, 0.29) is 6.42 Å². The van der Waals surface area contributed by atoms with Crippen molar-refractivity contribution >= 4 is 5.97 Å². The van der Waals surface area contributed by atoms with E-state index < -0.39 is 12.0 Å². The molecule has 6 heteroatoms. The number of rotatable bonds is 7. The Hall–Kier alpha value is -2.47. The van der Waals surface area contributed by atoms with Crippen LogP contribution in [0.5, 0.6) is 11.5 Å². The standard InChI is InChI=1S/C16H19NO5/c1-19-11-3-5-12(6-4-11)21-10-14-8-7-13(22-14)9-15(17)16(18)20-2/h3-8,15H,9-10,17H2,1-2H3. The SMILES string of the molecule is COC(=O)C(N)Cc1ccc(COc2ccc(OC)cc2)o1. The van der Waals surface area contributed by atoms with Gasteiger partial charge >= 0.3 is 5.97 Å². The summed E-state index contributed by atoms with van der Waals surface area (Å²) in [7, 11) is 2.91. The van der Waals surface area contributed by atoms with Crippen molar-refractivity contribution in [3.63, 3.8) is 0 Å². The third-order valence-corrected chi connectivity index (χ3v) is 3.08. The van der Waals surface area contributed by atoms with Crippen molar-refractivity contribution in [1.82, 2.24) is 0 Å². The summed E-state index contributed by atoms with van der Waals surface area (Å²) in [6.07, 6.45) is 0.287. The predicted molar refractivity (Wildman–Crippen MR) is 79.7 cm³/mol. The lowest BCUT2D eigenvalue weighted by atomic mass is 10.2. The zero-order valence-electron chi connectivity index (χ0n) is 12.6. The summed E-state index contributed by atoms with van der Waals surface area (Å²) in [6.45, 7) is 0.291.